The molecule has 0 spiro atoms. The standard InChI is InChI=1S/C18H15Cl2N3O4/c19-13-3-1-10(5-14(13)20)7-23-9-21-15-4-2-11(6-12(15)18(23)27)22-17(26)16(25)8-24/h1-6,9,16,24-25H,7-8H2,(H,22,26). The normalized spacial score (nSPS) is 12.1. The average Bonchev–Trinajstić information content (AvgIpc) is 2.66. The molecule has 1 atom stereocenters. The van der Waals surface area contributed by atoms with E-state index < -0.39 is 18.6 Å². The molecule has 3 rings (SSSR count). The first-order chi connectivity index (χ1) is 12.9. The summed E-state index contributed by atoms with van der Waals surface area (Å²) in [5, 5.41) is 21.7. The maximum Gasteiger partial charge on any atom is 0.261 e. The fourth-order valence-electron chi connectivity index (χ4n) is 2.49. The van der Waals surface area contributed by atoms with Crippen molar-refractivity contribution < 1.29 is 15.0 Å². The first kappa shape index (κ1) is 19.3. The van der Waals surface area contributed by atoms with Crippen LogP contribution in [0.1, 0.15) is 5.56 Å². The minimum Gasteiger partial charge on any atom is -0.393 e. The molecular weight excluding hydrogens is 393 g/mol. The summed E-state index contributed by atoms with van der Waals surface area (Å²) in [6.45, 7) is -0.449. The number of rotatable bonds is 5. The summed E-state index contributed by atoms with van der Waals surface area (Å²) in [5.41, 5.74) is 1.25. The molecule has 140 valence electrons. The van der Waals surface area contributed by atoms with Crippen LogP contribution in [0.25, 0.3) is 10.9 Å². The Hall–Kier alpha value is -2.45. The molecule has 7 nitrogen and oxygen atoms in total. The van der Waals surface area contributed by atoms with Crippen LogP contribution in [0.4, 0.5) is 5.69 Å². The van der Waals surface area contributed by atoms with Crippen molar-refractivity contribution in [2.24, 2.45) is 0 Å². The van der Waals surface area contributed by atoms with Gasteiger partial charge >= 0.3 is 0 Å². The molecule has 3 aromatic rings. The highest BCUT2D eigenvalue weighted by atomic mass is 35.5. The van der Waals surface area contributed by atoms with Crippen molar-refractivity contribution in [3.8, 4) is 0 Å². The summed E-state index contributed by atoms with van der Waals surface area (Å²) >= 11 is 11.9. The zero-order valence-electron chi connectivity index (χ0n) is 13.9. The molecule has 1 aromatic heterocycles. The van der Waals surface area contributed by atoms with Crippen molar-refractivity contribution in [1.29, 1.82) is 0 Å². The van der Waals surface area contributed by atoms with Crippen LogP contribution in [-0.2, 0) is 11.3 Å². The van der Waals surface area contributed by atoms with Gasteiger partial charge in [0.15, 0.2) is 6.10 Å². The van der Waals surface area contributed by atoms with Gasteiger partial charge in [-0.05, 0) is 35.9 Å². The van der Waals surface area contributed by atoms with Crippen molar-refractivity contribution in [2.45, 2.75) is 12.6 Å². The molecule has 1 amide bonds. The maximum atomic E-state index is 12.8. The molecule has 3 N–H and O–H groups in total. The number of aliphatic hydroxyl groups excluding tert-OH is 2. The smallest absolute Gasteiger partial charge is 0.261 e. The Morgan fingerprint density at radius 3 is 2.67 bits per heavy atom. The number of halogens is 2. The number of carbonyl (C=O) groups excluding carboxylic acids is 1. The summed E-state index contributed by atoms with van der Waals surface area (Å²) < 4.78 is 1.41. The van der Waals surface area contributed by atoms with Crippen molar-refractivity contribution in [2.75, 3.05) is 11.9 Å². The highest BCUT2D eigenvalue weighted by molar-refractivity contribution is 6.42. The Bertz CT molecular complexity index is 1070. The summed E-state index contributed by atoms with van der Waals surface area (Å²) in [5.74, 6) is -0.767. The Kier molecular flexibility index (Phi) is 5.76. The summed E-state index contributed by atoms with van der Waals surface area (Å²) in [6, 6.07) is 9.70. The van der Waals surface area contributed by atoms with Crippen molar-refractivity contribution in [1.82, 2.24) is 9.55 Å². The zero-order chi connectivity index (χ0) is 19.6. The highest BCUT2D eigenvalue weighted by Crippen LogP contribution is 2.23. The van der Waals surface area contributed by atoms with Gasteiger partial charge in [0.2, 0.25) is 0 Å². The van der Waals surface area contributed by atoms with E-state index in [0.717, 1.165) is 5.56 Å². The van der Waals surface area contributed by atoms with Crippen LogP contribution in [0.3, 0.4) is 0 Å². The molecule has 0 radical (unpaired) electrons. The molecule has 0 bridgehead atoms. The second-order valence-electron chi connectivity index (χ2n) is 5.85. The maximum absolute atomic E-state index is 12.8. The lowest BCUT2D eigenvalue weighted by Crippen LogP contribution is -2.30. The third-order valence-electron chi connectivity index (χ3n) is 3.90. The van der Waals surface area contributed by atoms with E-state index in [9.17, 15) is 14.7 Å². The molecule has 1 heterocycles. The molecule has 1 unspecified atom stereocenters. The van der Waals surface area contributed by atoms with E-state index in [0.29, 0.717) is 26.6 Å². The third-order valence-corrected chi connectivity index (χ3v) is 4.64. The molecule has 0 saturated heterocycles. The highest BCUT2D eigenvalue weighted by Gasteiger charge is 2.14. The Balaban J connectivity index is 1.94. The van der Waals surface area contributed by atoms with Crippen LogP contribution in [0.2, 0.25) is 10.0 Å². The van der Waals surface area contributed by atoms with E-state index in [2.05, 4.69) is 10.3 Å². The largest absolute Gasteiger partial charge is 0.393 e. The first-order valence-corrected chi connectivity index (χ1v) is 8.67. The van der Waals surface area contributed by atoms with Crippen LogP contribution >= 0.6 is 23.2 Å². The SMILES string of the molecule is O=C(Nc1ccc2ncn(Cc3ccc(Cl)c(Cl)c3)c(=O)c2c1)C(O)CO. The van der Waals surface area contributed by atoms with Gasteiger partial charge in [-0.15, -0.1) is 0 Å². The van der Waals surface area contributed by atoms with Crippen LogP contribution < -0.4 is 10.9 Å². The van der Waals surface area contributed by atoms with Crippen molar-refractivity contribution in [3.05, 3.63) is 68.7 Å². The predicted molar refractivity (Wildman–Crippen MR) is 103 cm³/mol. The molecule has 0 aliphatic carbocycles. The number of hydrogen-bond donors (Lipinski definition) is 3. The molecular formula is C18H15Cl2N3O4. The fraction of sp³-hybridized carbons (Fsp3) is 0.167. The van der Waals surface area contributed by atoms with Gasteiger partial charge in [0.25, 0.3) is 11.5 Å². The lowest BCUT2D eigenvalue weighted by Gasteiger charge is -2.11. The number of benzene rings is 2. The molecule has 9 heteroatoms. The van der Waals surface area contributed by atoms with Crippen LogP contribution in [-0.4, -0.2) is 38.4 Å². The number of aliphatic hydroxyl groups is 2. The van der Waals surface area contributed by atoms with Crippen LogP contribution in [0.15, 0.2) is 47.5 Å². The number of nitrogens with zero attached hydrogens (tertiary/aromatic N) is 2. The number of aromatic nitrogens is 2. The van der Waals surface area contributed by atoms with E-state index in [-0.39, 0.29) is 12.1 Å². The number of carbonyl (C=O) groups is 1. The van der Waals surface area contributed by atoms with Gasteiger partial charge in [-0.25, -0.2) is 4.98 Å². The Labute approximate surface area is 163 Å². The fourth-order valence-corrected chi connectivity index (χ4v) is 2.81. The monoisotopic (exact) mass is 407 g/mol. The van der Waals surface area contributed by atoms with Gasteiger partial charge in [-0.1, -0.05) is 29.3 Å². The van der Waals surface area contributed by atoms with Gasteiger partial charge in [-0.3, -0.25) is 14.2 Å². The lowest BCUT2D eigenvalue weighted by atomic mass is 10.2. The van der Waals surface area contributed by atoms with E-state index >= 15 is 0 Å². The second kappa shape index (κ2) is 8.06. The van der Waals surface area contributed by atoms with Gasteiger partial charge in [0.05, 0.1) is 40.4 Å². The third kappa shape index (κ3) is 4.28. The molecule has 0 aliphatic heterocycles. The number of amides is 1. The van der Waals surface area contributed by atoms with Gasteiger partial charge in [0, 0.05) is 5.69 Å². The summed E-state index contributed by atoms with van der Waals surface area (Å²) in [4.78, 5) is 28.7. The van der Waals surface area contributed by atoms with Gasteiger partial charge in [-0.2, -0.15) is 0 Å². The summed E-state index contributed by atoms with van der Waals surface area (Å²) in [6.07, 6.45) is -0.109. The minimum atomic E-state index is -1.54. The predicted octanol–water partition coefficient (Wildman–Crippen LogP) is 2.04. The van der Waals surface area contributed by atoms with Gasteiger partial charge in [0.1, 0.15) is 0 Å². The van der Waals surface area contributed by atoms with E-state index in [4.69, 9.17) is 28.3 Å². The molecule has 0 aliphatic rings. The number of anilines is 1. The first-order valence-electron chi connectivity index (χ1n) is 7.92. The quantitative estimate of drug-likeness (QED) is 0.600. The zero-order valence-corrected chi connectivity index (χ0v) is 15.4. The Morgan fingerprint density at radius 1 is 1.19 bits per heavy atom. The Morgan fingerprint density at radius 2 is 1.96 bits per heavy atom. The molecule has 0 saturated carbocycles. The van der Waals surface area contributed by atoms with E-state index in [1.807, 2.05) is 0 Å². The van der Waals surface area contributed by atoms with Crippen LogP contribution in [0, 0.1) is 0 Å². The topological polar surface area (TPSA) is 104 Å². The van der Waals surface area contributed by atoms with Crippen LogP contribution in [0.5, 0.6) is 0 Å². The van der Waals surface area contributed by atoms with E-state index in [1.54, 1.807) is 30.3 Å². The number of fused-ring (bicyclic) bond motifs is 1. The number of nitrogens with one attached hydrogen (secondary N) is 1. The van der Waals surface area contributed by atoms with E-state index in [1.165, 1.54) is 17.0 Å². The number of hydrogen-bond acceptors (Lipinski definition) is 5. The molecule has 2 aromatic carbocycles. The van der Waals surface area contributed by atoms with Crippen molar-refractivity contribution >= 4 is 45.7 Å². The lowest BCUT2D eigenvalue weighted by molar-refractivity contribution is -0.125. The average molecular weight is 408 g/mol. The second-order valence-corrected chi connectivity index (χ2v) is 6.66. The van der Waals surface area contributed by atoms with Crippen molar-refractivity contribution in [3.63, 3.8) is 0 Å². The molecule has 27 heavy (non-hydrogen) atoms. The summed E-state index contributed by atoms with van der Waals surface area (Å²) in [7, 11) is 0. The van der Waals surface area contributed by atoms with Gasteiger partial charge < -0.3 is 15.5 Å². The molecule has 0 fully saturated rings. The minimum absolute atomic E-state index is 0.248.